The quantitative estimate of drug-likeness (QED) is 0.139. The van der Waals surface area contributed by atoms with Crippen molar-refractivity contribution in [1.82, 2.24) is 34.6 Å². The summed E-state index contributed by atoms with van der Waals surface area (Å²) < 4.78 is 8.55. The zero-order valence-electron chi connectivity index (χ0n) is 44.0. The maximum absolute atomic E-state index is 15.4. The number of fused-ring (bicyclic) bond motifs is 5. The molecule has 4 aliphatic carbocycles. The summed E-state index contributed by atoms with van der Waals surface area (Å²) >= 11 is 0. The Morgan fingerprint density at radius 3 is 2.19 bits per heavy atom. The molecule has 1 spiro atoms. The number of amides is 5. The molecule has 6 aliphatic heterocycles. The van der Waals surface area contributed by atoms with Crippen LogP contribution in [0.25, 0.3) is 22.3 Å². The highest BCUT2D eigenvalue weighted by atomic mass is 16.5. The van der Waals surface area contributed by atoms with Gasteiger partial charge in [-0.1, -0.05) is 30.7 Å². The maximum atomic E-state index is 15.4. The lowest BCUT2D eigenvalue weighted by Crippen LogP contribution is -2.63. The van der Waals surface area contributed by atoms with Gasteiger partial charge in [-0.05, 0) is 177 Å². The number of nitrogens with one attached hydrogen (secondary N) is 2. The Morgan fingerprint density at radius 2 is 1.49 bits per heavy atom. The van der Waals surface area contributed by atoms with Crippen LogP contribution in [0.15, 0.2) is 54.9 Å². The minimum absolute atomic E-state index is 0.0239. The average molecular weight is 1020 g/mol. The minimum atomic E-state index is -0.675. The highest BCUT2D eigenvalue weighted by Crippen LogP contribution is 2.53. The number of anilines is 2. The second-order valence-corrected chi connectivity index (χ2v) is 24.5. The normalized spacial score (nSPS) is 29.9. The molecule has 0 radical (unpaired) electrons. The van der Waals surface area contributed by atoms with Gasteiger partial charge in [0.2, 0.25) is 29.5 Å². The summed E-state index contributed by atoms with van der Waals surface area (Å²) in [6.45, 7) is 9.14. The maximum Gasteiger partial charge on any atom is 0.238 e. The van der Waals surface area contributed by atoms with E-state index in [1.54, 1.807) is 0 Å². The highest BCUT2D eigenvalue weighted by molar-refractivity contribution is 6.09. The average Bonchev–Trinajstić information content (AvgIpc) is 4.09. The summed E-state index contributed by atoms with van der Waals surface area (Å²) in [5.41, 5.74) is 6.17. The Bertz CT molecular complexity index is 2850. The van der Waals surface area contributed by atoms with E-state index in [9.17, 15) is 19.2 Å². The van der Waals surface area contributed by atoms with E-state index in [0.717, 1.165) is 121 Å². The first-order valence-corrected chi connectivity index (χ1v) is 29.0. The van der Waals surface area contributed by atoms with Crippen molar-refractivity contribution in [2.75, 3.05) is 49.5 Å². The van der Waals surface area contributed by atoms with E-state index in [0.29, 0.717) is 63.9 Å². The van der Waals surface area contributed by atoms with Gasteiger partial charge in [0.25, 0.3) is 0 Å². The molecule has 5 amide bonds. The number of ether oxygens (including phenoxy) is 1. The van der Waals surface area contributed by atoms with E-state index in [4.69, 9.17) is 14.7 Å². The molecule has 2 unspecified atom stereocenters. The van der Waals surface area contributed by atoms with Gasteiger partial charge < -0.3 is 34.2 Å². The third-order valence-corrected chi connectivity index (χ3v) is 19.6. The first-order chi connectivity index (χ1) is 36.5. The van der Waals surface area contributed by atoms with Crippen LogP contribution in [-0.4, -0.2) is 122 Å². The van der Waals surface area contributed by atoms with Crippen LogP contribution < -0.4 is 20.3 Å². The second-order valence-electron chi connectivity index (χ2n) is 24.5. The molecule has 4 aromatic rings. The number of likely N-dealkylation sites (tertiary alicyclic amines) is 2. The molecule has 4 atom stereocenters. The molecule has 2 aromatic carbocycles. The zero-order chi connectivity index (χ0) is 51.1. The minimum Gasteiger partial charge on any atom is -0.490 e. The van der Waals surface area contributed by atoms with Crippen LogP contribution in [0, 0.1) is 23.7 Å². The van der Waals surface area contributed by atoms with Crippen molar-refractivity contribution in [3.05, 3.63) is 66.0 Å². The first kappa shape index (κ1) is 48.8. The molecule has 8 heterocycles. The molecule has 2 N–H and O–H groups in total. The largest absolute Gasteiger partial charge is 0.490 e. The van der Waals surface area contributed by atoms with Crippen molar-refractivity contribution in [3.63, 3.8) is 0 Å². The van der Waals surface area contributed by atoms with Gasteiger partial charge >= 0.3 is 0 Å². The Labute approximate surface area is 440 Å². The number of carbonyl (C=O) groups is 5. The number of hydrogen-bond donors (Lipinski definition) is 2. The monoisotopic (exact) mass is 1020 g/mol. The van der Waals surface area contributed by atoms with Crippen molar-refractivity contribution in [2.45, 2.75) is 171 Å². The number of pyridine rings is 1. The van der Waals surface area contributed by atoms with Crippen molar-refractivity contribution in [2.24, 2.45) is 23.7 Å². The third kappa shape index (κ3) is 8.99. The van der Waals surface area contributed by atoms with Crippen molar-refractivity contribution in [3.8, 4) is 17.0 Å². The fourth-order valence-corrected chi connectivity index (χ4v) is 15.1. The summed E-state index contributed by atoms with van der Waals surface area (Å²) in [5, 5.41) is 6.16. The van der Waals surface area contributed by atoms with Crippen molar-refractivity contribution in [1.29, 1.82) is 0 Å². The lowest BCUT2D eigenvalue weighted by Gasteiger charge is -2.54. The number of benzene rings is 2. The van der Waals surface area contributed by atoms with Crippen molar-refractivity contribution >= 4 is 52.1 Å². The van der Waals surface area contributed by atoms with Gasteiger partial charge in [0, 0.05) is 79.9 Å². The number of hydrogen-bond acceptors (Lipinski definition) is 10. The smallest absolute Gasteiger partial charge is 0.238 e. The number of piperidine rings is 5. The van der Waals surface area contributed by atoms with Gasteiger partial charge in [-0.2, -0.15) is 0 Å². The molecule has 75 heavy (non-hydrogen) atoms. The molecule has 2 bridgehead atoms. The summed E-state index contributed by atoms with van der Waals surface area (Å²) in [7, 11) is 0. The molecule has 15 heteroatoms. The fraction of sp³-hybridized carbons (Fsp3) is 0.617. The molecule has 15 nitrogen and oxygen atoms in total. The van der Waals surface area contributed by atoms with Gasteiger partial charge in [-0.15, -0.1) is 0 Å². The number of rotatable bonds is 11. The highest BCUT2D eigenvalue weighted by Gasteiger charge is 2.57. The lowest BCUT2D eigenvalue weighted by molar-refractivity contribution is -0.163. The van der Waals surface area contributed by atoms with Gasteiger partial charge in [0.05, 0.1) is 35.0 Å². The van der Waals surface area contributed by atoms with E-state index in [1.807, 2.05) is 30.6 Å². The number of carbonyl (C=O) groups excluding carboxylic acids is 5. The SMILES string of the molecule is CC(C)n1cnc2cc(-c3ccc4c(c3)N(C3CCC(N5CCCCC5)CC3)C(=O)C43CCN(C(=O)C4[C@@H]5C[C@H]4CN(C(=O)C4CCC(Oc6ccc(C7CCC(=O)NC7=O)cc6)CC4)C5)CC3)nc(NC3CC3)c21. The number of aromatic nitrogens is 3. The molecule has 396 valence electrons. The molecular formula is C60H75N9O6. The van der Waals surface area contributed by atoms with Crippen molar-refractivity contribution < 1.29 is 28.7 Å². The van der Waals surface area contributed by atoms with Gasteiger partial charge in [0.15, 0.2) is 5.82 Å². The standard InChI is InChI=1S/C60H75N9O6/c1-36(2)68-35-61-50-32-49(63-55(54(50)68)62-42-11-12-42)39-10-22-48-51(31-39)69(44-15-13-43(14-16-44)65-26-4-3-5-27-65)59(74)60(48)24-28-66(29-25-60)58(73)53-40-30-41(53)34-67(33-40)57(72)38-8-19-46(20-9-38)75-45-17-6-37(7-18-45)47-21-23-52(70)64-56(47)71/h6-7,10,17-18,22,31-32,35-36,38,40-44,46-47,53H,3-5,8-9,11-16,19-21,23-30,33-34H2,1-2H3,(H,62,63)(H,64,70,71)/t38?,40-,41+,43?,44?,46?,47?,53?. The van der Waals surface area contributed by atoms with Crippen LogP contribution in [0.3, 0.4) is 0 Å². The van der Waals surface area contributed by atoms with E-state index in [2.05, 4.69) is 72.9 Å². The number of imide groups is 1. The van der Waals surface area contributed by atoms with Gasteiger partial charge in [-0.3, -0.25) is 29.3 Å². The van der Waals surface area contributed by atoms with Crippen LogP contribution in [0.1, 0.15) is 153 Å². The van der Waals surface area contributed by atoms with E-state index in [-0.39, 0.29) is 77.3 Å². The Kier molecular flexibility index (Phi) is 12.8. The summed E-state index contributed by atoms with van der Waals surface area (Å²) in [4.78, 5) is 87.3. The van der Waals surface area contributed by atoms with Gasteiger partial charge in [-0.25, -0.2) is 9.97 Å². The van der Waals surface area contributed by atoms with Crippen LogP contribution in [0.2, 0.25) is 0 Å². The topological polar surface area (TPSA) is 162 Å². The molecule has 2 aromatic heterocycles. The Balaban J connectivity index is 0.663. The molecular weight excluding hydrogens is 943 g/mol. The second kappa shape index (κ2) is 19.6. The Hall–Kier alpha value is -5.83. The fourth-order valence-electron chi connectivity index (χ4n) is 15.1. The summed E-state index contributed by atoms with van der Waals surface area (Å²) in [6.07, 6.45) is 18.6. The van der Waals surface area contributed by atoms with Crippen LogP contribution in [0.5, 0.6) is 5.75 Å². The van der Waals surface area contributed by atoms with Gasteiger partial charge in [0.1, 0.15) is 11.3 Å². The molecule has 9 fully saturated rings. The molecule has 10 aliphatic rings. The first-order valence-electron chi connectivity index (χ1n) is 29.0. The number of imidazole rings is 1. The molecule has 14 rings (SSSR count). The summed E-state index contributed by atoms with van der Waals surface area (Å²) in [6, 6.07) is 17.8. The number of nitrogens with zero attached hydrogens (tertiary/aromatic N) is 7. The van der Waals surface area contributed by atoms with Crippen LogP contribution >= 0.6 is 0 Å². The lowest BCUT2D eigenvalue weighted by atomic mass is 9.60. The Morgan fingerprint density at radius 1 is 0.773 bits per heavy atom. The van der Waals surface area contributed by atoms with Crippen LogP contribution in [0.4, 0.5) is 11.5 Å². The predicted octanol–water partition coefficient (Wildman–Crippen LogP) is 8.51. The third-order valence-electron chi connectivity index (χ3n) is 19.6. The van der Waals surface area contributed by atoms with E-state index >= 15 is 4.79 Å². The van der Waals surface area contributed by atoms with Crippen LogP contribution in [-0.2, 0) is 29.4 Å². The van der Waals surface area contributed by atoms with E-state index < -0.39 is 5.41 Å². The molecule has 4 saturated carbocycles. The predicted molar refractivity (Wildman–Crippen MR) is 286 cm³/mol. The van der Waals surface area contributed by atoms with E-state index in [1.165, 1.54) is 32.4 Å². The summed E-state index contributed by atoms with van der Waals surface area (Å²) in [5.74, 6) is 1.75. The molecule has 5 saturated heterocycles. The zero-order valence-corrected chi connectivity index (χ0v) is 44.0.